The summed E-state index contributed by atoms with van der Waals surface area (Å²) in [6.07, 6.45) is -1.13. The van der Waals surface area contributed by atoms with Gasteiger partial charge in [0.15, 0.2) is 0 Å². The van der Waals surface area contributed by atoms with Gasteiger partial charge in [-0.05, 0) is 29.7 Å². The Morgan fingerprint density at radius 3 is 2.54 bits per heavy atom. The van der Waals surface area contributed by atoms with Crippen molar-refractivity contribution in [3.63, 3.8) is 0 Å². The third-order valence-electron chi connectivity index (χ3n) is 3.56. The molecule has 0 saturated carbocycles. The number of carbonyl (C=O) groups excluding carboxylic acids is 2. The Balaban J connectivity index is 1.95. The molecule has 0 aliphatic rings. The van der Waals surface area contributed by atoms with Gasteiger partial charge < -0.3 is 15.2 Å². The Morgan fingerprint density at radius 1 is 1.17 bits per heavy atom. The molecule has 0 saturated heterocycles. The molecule has 0 aliphatic heterocycles. The summed E-state index contributed by atoms with van der Waals surface area (Å²) >= 11 is 0. The summed E-state index contributed by atoms with van der Waals surface area (Å²) in [4.78, 5) is 23.1. The minimum Gasteiger partial charge on any atom is -0.461 e. The number of ether oxygens (including phenoxy) is 1. The van der Waals surface area contributed by atoms with E-state index in [1.54, 1.807) is 18.2 Å². The van der Waals surface area contributed by atoms with Crippen LogP contribution in [0.1, 0.15) is 36.1 Å². The predicted octanol–water partition coefficient (Wildman–Crippen LogP) is 3.12. The molecule has 1 atom stereocenters. The highest BCUT2D eigenvalue weighted by Gasteiger charge is 2.15. The van der Waals surface area contributed by atoms with E-state index < -0.39 is 12.1 Å². The molecule has 2 rings (SSSR count). The number of amides is 1. The van der Waals surface area contributed by atoms with Gasteiger partial charge in [-0.3, -0.25) is 9.59 Å². The van der Waals surface area contributed by atoms with Crippen molar-refractivity contribution in [3.05, 3.63) is 65.2 Å². The molecular formula is C19H21NO4. The molecule has 0 aromatic heterocycles. The molecule has 0 aliphatic carbocycles. The van der Waals surface area contributed by atoms with Gasteiger partial charge in [0.05, 0.1) is 12.5 Å². The van der Waals surface area contributed by atoms with Crippen LogP contribution in [0.15, 0.2) is 48.5 Å². The number of esters is 1. The summed E-state index contributed by atoms with van der Waals surface area (Å²) in [5, 5.41) is 12.9. The van der Waals surface area contributed by atoms with E-state index in [9.17, 15) is 14.7 Å². The van der Waals surface area contributed by atoms with Gasteiger partial charge in [-0.25, -0.2) is 0 Å². The van der Waals surface area contributed by atoms with Crippen LogP contribution in [0.3, 0.4) is 0 Å². The van der Waals surface area contributed by atoms with Crippen LogP contribution in [-0.4, -0.2) is 17.0 Å². The Labute approximate surface area is 141 Å². The van der Waals surface area contributed by atoms with Crippen LogP contribution in [0.5, 0.6) is 0 Å². The topological polar surface area (TPSA) is 75.6 Å². The molecule has 0 bridgehead atoms. The first kappa shape index (κ1) is 17.7. The van der Waals surface area contributed by atoms with Crippen molar-refractivity contribution in [2.75, 3.05) is 5.32 Å². The molecule has 5 heteroatoms. The molecule has 0 unspecified atom stereocenters. The van der Waals surface area contributed by atoms with Gasteiger partial charge in [0.2, 0.25) is 5.91 Å². The van der Waals surface area contributed by atoms with E-state index in [1.807, 2.05) is 37.3 Å². The highest BCUT2D eigenvalue weighted by Crippen LogP contribution is 2.24. The van der Waals surface area contributed by atoms with Crippen LogP contribution in [0, 0.1) is 6.92 Å². The highest BCUT2D eigenvalue weighted by molar-refractivity contribution is 5.89. The fourth-order valence-corrected chi connectivity index (χ4v) is 2.24. The molecule has 0 heterocycles. The first-order valence-electron chi connectivity index (χ1n) is 7.71. The van der Waals surface area contributed by atoms with E-state index >= 15 is 0 Å². The lowest BCUT2D eigenvalue weighted by atomic mass is 10.0. The van der Waals surface area contributed by atoms with Gasteiger partial charge in [0.1, 0.15) is 6.61 Å². The molecule has 2 N–H and O–H groups in total. The minimum atomic E-state index is -0.985. The molecule has 0 fully saturated rings. The number of hydrogen-bond acceptors (Lipinski definition) is 4. The summed E-state index contributed by atoms with van der Waals surface area (Å²) in [5.41, 5.74) is 2.95. The van der Waals surface area contributed by atoms with Crippen molar-refractivity contribution < 1.29 is 19.4 Å². The second-order valence-corrected chi connectivity index (χ2v) is 5.62. The second kappa shape index (κ2) is 8.26. The molecule has 1 amide bonds. The molecular weight excluding hydrogens is 306 g/mol. The van der Waals surface area contributed by atoms with Crippen LogP contribution in [0.4, 0.5) is 5.69 Å². The first-order valence-corrected chi connectivity index (χ1v) is 7.71. The second-order valence-electron chi connectivity index (χ2n) is 5.62. The molecule has 2 aromatic rings. The fourth-order valence-electron chi connectivity index (χ4n) is 2.24. The third kappa shape index (κ3) is 5.21. The molecule has 24 heavy (non-hydrogen) atoms. The van der Waals surface area contributed by atoms with E-state index in [0.717, 1.165) is 11.1 Å². The zero-order valence-electron chi connectivity index (χ0n) is 13.8. The van der Waals surface area contributed by atoms with Gasteiger partial charge >= 0.3 is 5.97 Å². The predicted molar refractivity (Wildman–Crippen MR) is 91.3 cm³/mol. The van der Waals surface area contributed by atoms with Gasteiger partial charge in [0, 0.05) is 12.6 Å². The van der Waals surface area contributed by atoms with Crippen LogP contribution in [0.2, 0.25) is 0 Å². The monoisotopic (exact) mass is 327 g/mol. The maximum Gasteiger partial charge on any atom is 0.309 e. The maximum atomic E-state index is 11.9. The summed E-state index contributed by atoms with van der Waals surface area (Å²) in [6, 6.07) is 14.6. The number of rotatable bonds is 6. The summed E-state index contributed by atoms with van der Waals surface area (Å²) < 4.78 is 5.17. The number of carbonyl (C=O) groups is 2. The highest BCUT2D eigenvalue weighted by atomic mass is 16.5. The van der Waals surface area contributed by atoms with Crippen LogP contribution < -0.4 is 5.32 Å². The third-order valence-corrected chi connectivity index (χ3v) is 3.56. The molecule has 5 nitrogen and oxygen atoms in total. The van der Waals surface area contributed by atoms with E-state index in [0.29, 0.717) is 11.3 Å². The quantitative estimate of drug-likeness (QED) is 0.799. The SMILES string of the molecule is CC(=O)Nc1cc([C@H](O)CC(=O)OCc2ccccc2)ccc1C. The fraction of sp³-hybridized carbons (Fsp3) is 0.263. The number of benzene rings is 2. The Hall–Kier alpha value is -2.66. The number of hydrogen-bond donors (Lipinski definition) is 2. The van der Waals surface area contributed by atoms with E-state index in [4.69, 9.17) is 4.74 Å². The van der Waals surface area contributed by atoms with Crippen molar-refractivity contribution in [3.8, 4) is 0 Å². The average molecular weight is 327 g/mol. The lowest BCUT2D eigenvalue weighted by Crippen LogP contribution is -2.12. The Bertz CT molecular complexity index is 713. The van der Waals surface area contributed by atoms with Crippen molar-refractivity contribution >= 4 is 17.6 Å². The lowest BCUT2D eigenvalue weighted by molar-refractivity contribution is -0.147. The Morgan fingerprint density at radius 2 is 1.88 bits per heavy atom. The van der Waals surface area contributed by atoms with E-state index in [2.05, 4.69) is 5.32 Å². The lowest BCUT2D eigenvalue weighted by Gasteiger charge is -2.14. The van der Waals surface area contributed by atoms with Crippen molar-refractivity contribution in [2.45, 2.75) is 33.0 Å². The maximum absolute atomic E-state index is 11.9. The van der Waals surface area contributed by atoms with Crippen LogP contribution in [-0.2, 0) is 20.9 Å². The zero-order chi connectivity index (χ0) is 17.5. The summed E-state index contributed by atoms with van der Waals surface area (Å²) in [6.45, 7) is 3.45. The number of anilines is 1. The number of aliphatic hydroxyl groups is 1. The molecule has 0 spiro atoms. The van der Waals surface area contributed by atoms with Gasteiger partial charge in [-0.2, -0.15) is 0 Å². The van der Waals surface area contributed by atoms with Gasteiger partial charge in [0.25, 0.3) is 0 Å². The smallest absolute Gasteiger partial charge is 0.309 e. The normalized spacial score (nSPS) is 11.6. The standard InChI is InChI=1S/C19H21NO4/c1-13-8-9-16(10-17(13)20-14(2)21)18(22)11-19(23)24-12-15-6-4-3-5-7-15/h3-10,18,22H,11-12H2,1-2H3,(H,20,21)/t18-/m1/s1. The summed E-state index contributed by atoms with van der Waals surface area (Å²) in [7, 11) is 0. The average Bonchev–Trinajstić information content (AvgIpc) is 2.55. The van der Waals surface area contributed by atoms with Gasteiger partial charge in [-0.15, -0.1) is 0 Å². The minimum absolute atomic E-state index is 0.143. The molecule has 126 valence electrons. The number of aliphatic hydroxyl groups excluding tert-OH is 1. The van der Waals surface area contributed by atoms with E-state index in [-0.39, 0.29) is 18.9 Å². The van der Waals surface area contributed by atoms with Gasteiger partial charge in [-0.1, -0.05) is 42.5 Å². The largest absolute Gasteiger partial charge is 0.461 e. The Kier molecular flexibility index (Phi) is 6.09. The van der Waals surface area contributed by atoms with Crippen LogP contribution in [0.25, 0.3) is 0 Å². The molecule has 0 radical (unpaired) electrons. The summed E-state index contributed by atoms with van der Waals surface area (Å²) in [5.74, 6) is -0.667. The molecule has 2 aromatic carbocycles. The van der Waals surface area contributed by atoms with E-state index in [1.165, 1.54) is 6.92 Å². The number of nitrogens with one attached hydrogen (secondary N) is 1. The number of aryl methyl sites for hydroxylation is 1. The van der Waals surface area contributed by atoms with Crippen molar-refractivity contribution in [2.24, 2.45) is 0 Å². The zero-order valence-corrected chi connectivity index (χ0v) is 13.8. The van der Waals surface area contributed by atoms with Crippen LogP contribution >= 0.6 is 0 Å². The first-order chi connectivity index (χ1) is 11.5. The van der Waals surface area contributed by atoms with Crippen molar-refractivity contribution in [1.29, 1.82) is 0 Å². The van der Waals surface area contributed by atoms with Crippen molar-refractivity contribution in [1.82, 2.24) is 0 Å².